The van der Waals surface area contributed by atoms with Gasteiger partial charge in [0.25, 0.3) is 0 Å². The molecule has 3 aromatic rings. The van der Waals surface area contributed by atoms with Crippen molar-refractivity contribution in [2.24, 2.45) is 5.41 Å². The zero-order valence-electron chi connectivity index (χ0n) is 23.6. The van der Waals surface area contributed by atoms with E-state index in [1.807, 2.05) is 25.1 Å². The highest BCUT2D eigenvalue weighted by Gasteiger charge is 2.55. The predicted octanol–water partition coefficient (Wildman–Crippen LogP) is 5.52. The van der Waals surface area contributed by atoms with Crippen molar-refractivity contribution in [3.8, 4) is 0 Å². The van der Waals surface area contributed by atoms with Crippen LogP contribution in [0.2, 0.25) is 0 Å². The quantitative estimate of drug-likeness (QED) is 0.395. The van der Waals surface area contributed by atoms with Crippen LogP contribution in [0.3, 0.4) is 0 Å². The number of halogens is 3. The zero-order chi connectivity index (χ0) is 29.7. The predicted molar refractivity (Wildman–Crippen MR) is 150 cm³/mol. The molecule has 0 bridgehead atoms. The number of aliphatic hydroxyl groups is 1. The second-order valence-corrected chi connectivity index (χ2v) is 12.3. The Hall–Kier alpha value is -3.37. The van der Waals surface area contributed by atoms with Crippen molar-refractivity contribution in [2.75, 3.05) is 13.1 Å². The minimum Gasteiger partial charge on any atom is -0.383 e. The van der Waals surface area contributed by atoms with Crippen molar-refractivity contribution in [2.45, 2.75) is 82.5 Å². The molecule has 2 unspecified atom stereocenters. The molecule has 7 nitrogen and oxygen atoms in total. The Morgan fingerprint density at radius 3 is 2.43 bits per heavy atom. The molecule has 2 aliphatic heterocycles. The van der Waals surface area contributed by atoms with Gasteiger partial charge in [0.15, 0.2) is 0 Å². The fourth-order valence-corrected chi connectivity index (χ4v) is 7.35. The maximum Gasteiger partial charge on any atom is 0.416 e. The fourth-order valence-electron chi connectivity index (χ4n) is 7.35. The van der Waals surface area contributed by atoms with Crippen molar-refractivity contribution >= 4 is 22.8 Å². The van der Waals surface area contributed by atoms with Crippen molar-refractivity contribution in [1.82, 2.24) is 20.2 Å². The molecule has 2 amide bonds. The van der Waals surface area contributed by atoms with Crippen molar-refractivity contribution in [3.05, 3.63) is 70.5 Å². The zero-order valence-corrected chi connectivity index (χ0v) is 23.6. The molecule has 3 aliphatic rings. The molecule has 4 heterocycles. The van der Waals surface area contributed by atoms with Crippen LogP contribution in [0.1, 0.15) is 85.4 Å². The topological polar surface area (TPSA) is 95.4 Å². The van der Waals surface area contributed by atoms with E-state index in [0.717, 1.165) is 55.4 Å². The number of carbonyl (C=O) groups is 2. The van der Waals surface area contributed by atoms with Crippen LogP contribution in [0.5, 0.6) is 0 Å². The number of imide groups is 1. The van der Waals surface area contributed by atoms with Crippen molar-refractivity contribution in [3.63, 3.8) is 0 Å². The average Bonchev–Trinajstić information content (AvgIpc) is 2.95. The highest BCUT2D eigenvalue weighted by Crippen LogP contribution is 2.54. The maximum atomic E-state index is 13.1. The molecule has 222 valence electrons. The van der Waals surface area contributed by atoms with Crippen LogP contribution in [-0.2, 0) is 27.9 Å². The number of hydrogen-bond acceptors (Lipinski definition) is 6. The largest absolute Gasteiger partial charge is 0.416 e. The van der Waals surface area contributed by atoms with E-state index in [0.29, 0.717) is 54.9 Å². The number of fused-ring (bicyclic) bond motifs is 1. The molecule has 1 saturated carbocycles. The Labute approximate surface area is 242 Å². The number of nitrogens with one attached hydrogen (secondary N) is 1. The van der Waals surface area contributed by atoms with E-state index in [-0.39, 0.29) is 18.2 Å². The Bertz CT molecular complexity index is 1520. The molecule has 2 atom stereocenters. The van der Waals surface area contributed by atoms with Gasteiger partial charge in [-0.15, -0.1) is 0 Å². The molecule has 1 spiro atoms. The van der Waals surface area contributed by atoms with Gasteiger partial charge in [0.2, 0.25) is 11.8 Å². The van der Waals surface area contributed by atoms with Gasteiger partial charge in [-0.3, -0.25) is 24.8 Å². The molecular formula is C32H35F3N4O3. The van der Waals surface area contributed by atoms with Crippen LogP contribution in [0.15, 0.2) is 42.5 Å². The molecule has 2 N–H and O–H groups in total. The smallest absolute Gasteiger partial charge is 0.383 e. The number of rotatable bonds is 4. The van der Waals surface area contributed by atoms with Gasteiger partial charge in [-0.05, 0) is 74.1 Å². The minimum absolute atomic E-state index is 0.270. The van der Waals surface area contributed by atoms with Gasteiger partial charge >= 0.3 is 6.18 Å². The number of piperidine rings is 2. The van der Waals surface area contributed by atoms with Crippen LogP contribution in [0, 0.1) is 12.3 Å². The summed E-state index contributed by atoms with van der Waals surface area (Å²) >= 11 is 0. The first-order valence-corrected chi connectivity index (χ1v) is 14.7. The molecular weight excluding hydrogens is 545 g/mol. The summed E-state index contributed by atoms with van der Waals surface area (Å²) in [7, 11) is 0. The Kier molecular flexibility index (Phi) is 7.33. The molecule has 2 aromatic heterocycles. The van der Waals surface area contributed by atoms with Crippen LogP contribution in [-0.4, -0.2) is 44.9 Å². The maximum absolute atomic E-state index is 13.1. The van der Waals surface area contributed by atoms with E-state index in [9.17, 15) is 27.9 Å². The first kappa shape index (κ1) is 28.7. The Morgan fingerprint density at radius 1 is 1.00 bits per heavy atom. The summed E-state index contributed by atoms with van der Waals surface area (Å²) < 4.78 is 39.2. The van der Waals surface area contributed by atoms with E-state index in [2.05, 4.69) is 10.2 Å². The van der Waals surface area contributed by atoms with Gasteiger partial charge in [0, 0.05) is 37.2 Å². The Balaban J connectivity index is 1.30. The lowest BCUT2D eigenvalue weighted by atomic mass is 9.59. The molecule has 1 aliphatic carbocycles. The third-order valence-electron chi connectivity index (χ3n) is 9.63. The number of carbonyl (C=O) groups excluding carboxylic acids is 2. The molecule has 6 rings (SSSR count). The summed E-state index contributed by atoms with van der Waals surface area (Å²) in [6.45, 7) is 3.56. The molecule has 1 aromatic carbocycles. The second-order valence-electron chi connectivity index (χ2n) is 12.3. The van der Waals surface area contributed by atoms with Crippen LogP contribution in [0.4, 0.5) is 13.2 Å². The highest BCUT2D eigenvalue weighted by molar-refractivity contribution is 6.01. The minimum atomic E-state index is -4.37. The third kappa shape index (κ3) is 5.19. The Morgan fingerprint density at radius 2 is 1.74 bits per heavy atom. The first-order chi connectivity index (χ1) is 20.0. The number of amides is 2. The average molecular weight is 581 g/mol. The molecule has 0 radical (unpaired) electrons. The monoisotopic (exact) mass is 580 g/mol. The van der Waals surface area contributed by atoms with Crippen molar-refractivity contribution in [1.29, 1.82) is 0 Å². The molecule has 3 fully saturated rings. The SMILES string of the molecule is Cc1nc2ccc(C3(O)CCN(Cc4ccc(C(F)(F)F)cc4)CC34CCCCC4)nc2cc1C1CCC(=O)NC1=O. The normalized spacial score (nSPS) is 25.1. The molecule has 42 heavy (non-hydrogen) atoms. The molecule has 2 saturated heterocycles. The second kappa shape index (κ2) is 10.7. The number of nitrogens with zero attached hydrogens (tertiary/aromatic N) is 3. The summed E-state index contributed by atoms with van der Waals surface area (Å²) in [4.78, 5) is 36.2. The van der Waals surface area contributed by atoms with Crippen molar-refractivity contribution < 1.29 is 27.9 Å². The van der Waals surface area contributed by atoms with Crippen LogP contribution < -0.4 is 5.32 Å². The number of likely N-dealkylation sites (tertiary alicyclic amines) is 1. The lowest BCUT2D eigenvalue weighted by Crippen LogP contribution is -2.58. The van der Waals surface area contributed by atoms with Crippen LogP contribution >= 0.6 is 0 Å². The number of hydrogen-bond donors (Lipinski definition) is 2. The number of pyridine rings is 2. The van der Waals surface area contributed by atoms with Gasteiger partial charge in [0.1, 0.15) is 5.60 Å². The fraction of sp³-hybridized carbons (Fsp3) is 0.500. The highest BCUT2D eigenvalue weighted by atomic mass is 19.4. The summed E-state index contributed by atoms with van der Waals surface area (Å²) in [5.41, 5.74) is 1.84. The summed E-state index contributed by atoms with van der Waals surface area (Å²) in [6, 6.07) is 10.9. The third-order valence-corrected chi connectivity index (χ3v) is 9.63. The summed E-state index contributed by atoms with van der Waals surface area (Å²) in [5, 5.41) is 14.9. The lowest BCUT2D eigenvalue weighted by molar-refractivity contribution is -0.162. The van der Waals surface area contributed by atoms with E-state index in [1.165, 1.54) is 12.1 Å². The number of alkyl halides is 3. The lowest BCUT2D eigenvalue weighted by Gasteiger charge is -2.55. The van der Waals surface area contributed by atoms with Gasteiger partial charge in [0.05, 0.1) is 28.2 Å². The molecule has 10 heteroatoms. The van der Waals surface area contributed by atoms with Gasteiger partial charge < -0.3 is 5.11 Å². The van der Waals surface area contributed by atoms with E-state index >= 15 is 0 Å². The summed E-state index contributed by atoms with van der Waals surface area (Å²) in [6.07, 6.45) is 1.52. The van der Waals surface area contributed by atoms with Gasteiger partial charge in [-0.1, -0.05) is 31.4 Å². The van der Waals surface area contributed by atoms with Gasteiger partial charge in [-0.25, -0.2) is 4.98 Å². The standard InChI is InChI=1S/C32H35F3N4O3/c1-20-24(23-9-12-28(40)38-29(23)41)17-26-25(36-20)10-11-27(37-26)31(42)15-16-39(19-30(31)13-3-2-4-14-30)18-21-5-7-22(8-6-21)32(33,34)35/h5-8,10-11,17,23,42H,2-4,9,12-16,18-19H2,1H3,(H,38,40,41). The first-order valence-electron chi connectivity index (χ1n) is 14.7. The van der Waals surface area contributed by atoms with E-state index < -0.39 is 28.7 Å². The van der Waals surface area contributed by atoms with Crippen LogP contribution in [0.25, 0.3) is 11.0 Å². The summed E-state index contributed by atoms with van der Waals surface area (Å²) in [5.74, 6) is -1.08. The number of benzene rings is 1. The number of aryl methyl sites for hydroxylation is 1. The van der Waals surface area contributed by atoms with E-state index in [4.69, 9.17) is 9.97 Å². The van der Waals surface area contributed by atoms with Gasteiger partial charge in [-0.2, -0.15) is 13.2 Å². The van der Waals surface area contributed by atoms with E-state index in [1.54, 1.807) is 0 Å². The number of aromatic nitrogens is 2.